The van der Waals surface area contributed by atoms with Crippen LogP contribution in [0.5, 0.6) is 0 Å². The summed E-state index contributed by atoms with van der Waals surface area (Å²) in [6.45, 7) is -0.638. The van der Waals surface area contributed by atoms with Gasteiger partial charge in [0.25, 0.3) is 0 Å². The van der Waals surface area contributed by atoms with E-state index < -0.39 is 36.5 Å². The molecule has 108 valence electrons. The molecule has 20 heavy (non-hydrogen) atoms. The molecule has 1 fully saturated rings. The van der Waals surface area contributed by atoms with E-state index in [1.54, 1.807) is 0 Å². The summed E-state index contributed by atoms with van der Waals surface area (Å²) in [5.41, 5.74) is -0.663. The summed E-state index contributed by atoms with van der Waals surface area (Å²) in [6, 6.07) is 4.42. The normalized spacial score (nSPS) is 19.1. The summed E-state index contributed by atoms with van der Waals surface area (Å²) in [5.74, 6) is -1.22. The molecule has 1 aliphatic heterocycles. The van der Waals surface area contributed by atoms with E-state index in [1.807, 2.05) is 0 Å². The van der Waals surface area contributed by atoms with Crippen LogP contribution in [-0.2, 0) is 15.7 Å². The maximum absolute atomic E-state index is 12.6. The highest BCUT2D eigenvalue weighted by molar-refractivity contribution is 5.78. The molecule has 0 aromatic heterocycles. The van der Waals surface area contributed by atoms with Crippen molar-refractivity contribution < 1.29 is 32.6 Å². The van der Waals surface area contributed by atoms with Gasteiger partial charge in [0.2, 0.25) is 0 Å². The number of benzene rings is 1. The Labute approximate surface area is 111 Å². The van der Waals surface area contributed by atoms with Gasteiger partial charge >= 0.3 is 18.2 Å². The standard InChI is InChI=1S/C12H10F3NO4/c13-12(14,15)8-3-1-2-7(4-8)9-5-16(6-10(17)18)11(19)20-9/h1-4,9H,5-6H2,(H,17,18). The minimum absolute atomic E-state index is 0.0908. The van der Waals surface area contributed by atoms with Crippen molar-refractivity contribution in [2.24, 2.45) is 0 Å². The molecular formula is C12H10F3NO4. The quantitative estimate of drug-likeness (QED) is 0.927. The summed E-state index contributed by atoms with van der Waals surface area (Å²) in [4.78, 5) is 22.8. The van der Waals surface area contributed by atoms with Gasteiger partial charge in [-0.2, -0.15) is 13.2 Å². The molecule has 1 N–H and O–H groups in total. The second-order valence-corrected chi connectivity index (χ2v) is 4.27. The minimum atomic E-state index is -4.49. The number of hydrogen-bond acceptors (Lipinski definition) is 3. The van der Waals surface area contributed by atoms with Crippen molar-refractivity contribution in [1.29, 1.82) is 0 Å². The third-order valence-corrected chi connectivity index (χ3v) is 2.80. The second-order valence-electron chi connectivity index (χ2n) is 4.27. The van der Waals surface area contributed by atoms with E-state index in [9.17, 15) is 22.8 Å². The van der Waals surface area contributed by atoms with Crippen molar-refractivity contribution in [3.63, 3.8) is 0 Å². The zero-order valence-corrected chi connectivity index (χ0v) is 10.1. The van der Waals surface area contributed by atoms with Crippen molar-refractivity contribution >= 4 is 12.1 Å². The summed E-state index contributed by atoms with van der Waals surface area (Å²) in [6.07, 6.45) is -6.24. The van der Waals surface area contributed by atoms with Crippen molar-refractivity contribution in [3.05, 3.63) is 35.4 Å². The van der Waals surface area contributed by atoms with Gasteiger partial charge in [0.1, 0.15) is 12.6 Å². The molecular weight excluding hydrogens is 279 g/mol. The highest BCUT2D eigenvalue weighted by Gasteiger charge is 2.35. The number of hydrogen-bond donors (Lipinski definition) is 1. The van der Waals surface area contributed by atoms with Crippen molar-refractivity contribution in [3.8, 4) is 0 Å². The van der Waals surface area contributed by atoms with Crippen LogP contribution in [0.15, 0.2) is 24.3 Å². The van der Waals surface area contributed by atoms with E-state index in [0.29, 0.717) is 0 Å². The van der Waals surface area contributed by atoms with Crippen LogP contribution in [0.1, 0.15) is 17.2 Å². The van der Waals surface area contributed by atoms with Crippen LogP contribution in [0.4, 0.5) is 18.0 Å². The molecule has 1 aromatic rings. The fourth-order valence-corrected chi connectivity index (χ4v) is 1.89. The summed E-state index contributed by atoms with van der Waals surface area (Å²) >= 11 is 0. The molecule has 5 nitrogen and oxygen atoms in total. The van der Waals surface area contributed by atoms with Crippen molar-refractivity contribution in [2.75, 3.05) is 13.1 Å². The molecule has 0 bridgehead atoms. The van der Waals surface area contributed by atoms with E-state index in [-0.39, 0.29) is 12.1 Å². The highest BCUT2D eigenvalue weighted by Crippen LogP contribution is 2.33. The molecule has 0 aliphatic carbocycles. The van der Waals surface area contributed by atoms with Crippen LogP contribution < -0.4 is 0 Å². The van der Waals surface area contributed by atoms with Crippen LogP contribution >= 0.6 is 0 Å². The summed E-state index contributed by atoms with van der Waals surface area (Å²) in [7, 11) is 0. The number of ether oxygens (including phenoxy) is 1. The van der Waals surface area contributed by atoms with Crippen LogP contribution in [0.25, 0.3) is 0 Å². The first-order valence-corrected chi connectivity index (χ1v) is 5.62. The molecule has 0 spiro atoms. The zero-order valence-electron chi connectivity index (χ0n) is 10.1. The first-order valence-electron chi connectivity index (χ1n) is 5.62. The maximum Gasteiger partial charge on any atom is 0.416 e. The number of carbonyl (C=O) groups is 2. The smallest absolute Gasteiger partial charge is 0.416 e. The Kier molecular flexibility index (Phi) is 3.56. The SMILES string of the molecule is O=C(O)CN1CC(c2cccc(C(F)(F)F)c2)OC1=O. The first-order chi connectivity index (χ1) is 9.27. The van der Waals surface area contributed by atoms with E-state index in [1.165, 1.54) is 12.1 Å². The molecule has 0 saturated carbocycles. The number of carboxylic acid groups (broad SMARTS) is 1. The fraction of sp³-hybridized carbons (Fsp3) is 0.333. The number of alkyl halides is 3. The van der Waals surface area contributed by atoms with Crippen molar-refractivity contribution in [1.82, 2.24) is 4.90 Å². The van der Waals surface area contributed by atoms with Crippen LogP contribution in [-0.4, -0.2) is 35.2 Å². The molecule has 1 aliphatic rings. The number of carbonyl (C=O) groups excluding carboxylic acids is 1. The predicted molar refractivity (Wildman–Crippen MR) is 59.9 cm³/mol. The molecule has 2 rings (SSSR count). The number of nitrogens with zero attached hydrogens (tertiary/aromatic N) is 1. The van der Waals surface area contributed by atoms with Gasteiger partial charge in [-0.05, 0) is 17.7 Å². The lowest BCUT2D eigenvalue weighted by Gasteiger charge is -2.12. The summed E-state index contributed by atoms with van der Waals surface area (Å²) in [5, 5.41) is 8.60. The van der Waals surface area contributed by atoms with Crippen LogP contribution in [0.2, 0.25) is 0 Å². The van der Waals surface area contributed by atoms with Crippen LogP contribution in [0, 0.1) is 0 Å². The van der Waals surface area contributed by atoms with Gasteiger partial charge in [-0.25, -0.2) is 4.79 Å². The molecule has 1 heterocycles. The number of cyclic esters (lactones) is 1. The van der Waals surface area contributed by atoms with Crippen molar-refractivity contribution in [2.45, 2.75) is 12.3 Å². The fourth-order valence-electron chi connectivity index (χ4n) is 1.89. The van der Waals surface area contributed by atoms with Crippen LogP contribution in [0.3, 0.4) is 0 Å². The monoisotopic (exact) mass is 289 g/mol. The Morgan fingerprint density at radius 1 is 1.45 bits per heavy atom. The zero-order chi connectivity index (χ0) is 14.9. The van der Waals surface area contributed by atoms with Gasteiger partial charge in [-0.1, -0.05) is 12.1 Å². The highest BCUT2D eigenvalue weighted by atomic mass is 19.4. The Morgan fingerprint density at radius 2 is 2.15 bits per heavy atom. The van der Waals surface area contributed by atoms with E-state index in [0.717, 1.165) is 17.0 Å². The Bertz CT molecular complexity index is 544. The Hall–Kier alpha value is -2.25. The van der Waals surface area contributed by atoms with Gasteiger partial charge in [-0.3, -0.25) is 9.69 Å². The third kappa shape index (κ3) is 3.01. The lowest BCUT2D eigenvalue weighted by Crippen LogP contribution is -2.30. The number of aliphatic carboxylic acids is 1. The molecule has 1 aromatic carbocycles. The topological polar surface area (TPSA) is 66.8 Å². The molecule has 1 unspecified atom stereocenters. The minimum Gasteiger partial charge on any atom is -0.480 e. The average molecular weight is 289 g/mol. The Balaban J connectivity index is 2.17. The first kappa shape index (κ1) is 14.2. The number of amides is 1. The summed E-state index contributed by atoms with van der Waals surface area (Å²) < 4.78 is 42.6. The number of halogens is 3. The average Bonchev–Trinajstić information content (AvgIpc) is 2.69. The van der Waals surface area contributed by atoms with E-state index in [4.69, 9.17) is 9.84 Å². The molecule has 8 heteroatoms. The maximum atomic E-state index is 12.6. The predicted octanol–water partition coefficient (Wildman–Crippen LogP) is 2.28. The van der Waals surface area contributed by atoms with Gasteiger partial charge in [0, 0.05) is 0 Å². The lowest BCUT2D eigenvalue weighted by atomic mass is 10.1. The molecule has 1 atom stereocenters. The molecule has 0 radical (unpaired) electrons. The number of rotatable bonds is 3. The number of carboxylic acids is 1. The second kappa shape index (κ2) is 5.03. The van der Waals surface area contributed by atoms with Gasteiger partial charge in [0.05, 0.1) is 12.1 Å². The van der Waals surface area contributed by atoms with Gasteiger partial charge in [0.15, 0.2) is 0 Å². The molecule has 1 saturated heterocycles. The van der Waals surface area contributed by atoms with E-state index in [2.05, 4.69) is 0 Å². The molecule has 1 amide bonds. The third-order valence-electron chi connectivity index (χ3n) is 2.80. The Morgan fingerprint density at radius 3 is 2.75 bits per heavy atom. The van der Waals surface area contributed by atoms with Gasteiger partial charge in [-0.15, -0.1) is 0 Å². The van der Waals surface area contributed by atoms with Gasteiger partial charge < -0.3 is 9.84 Å². The van der Waals surface area contributed by atoms with E-state index >= 15 is 0 Å². The largest absolute Gasteiger partial charge is 0.480 e. The lowest BCUT2D eigenvalue weighted by molar-refractivity contribution is -0.138.